The molecule has 0 unspecified atom stereocenters. The summed E-state index contributed by atoms with van der Waals surface area (Å²) in [5, 5.41) is 9.98. The zero-order valence-corrected chi connectivity index (χ0v) is 20.5. The van der Waals surface area contributed by atoms with Crippen LogP contribution in [0.15, 0.2) is 36.4 Å². The lowest BCUT2D eigenvalue weighted by molar-refractivity contribution is 0.354. The molecule has 0 bridgehead atoms. The maximum Gasteiger partial charge on any atom is 0.161 e. The molecule has 1 aliphatic heterocycles. The summed E-state index contributed by atoms with van der Waals surface area (Å²) >= 11 is 0. The van der Waals surface area contributed by atoms with E-state index in [0.717, 1.165) is 33.5 Å². The minimum absolute atomic E-state index is 0.193. The highest BCUT2D eigenvalue weighted by atomic mass is 16.5. The first kappa shape index (κ1) is 23.9. The average molecular weight is 473 g/mol. The monoisotopic (exact) mass is 472 g/mol. The molecule has 0 saturated carbocycles. The molecule has 0 radical (unpaired) electrons. The number of pyridine rings is 1. The normalized spacial score (nSPS) is 14.2. The molecule has 0 saturated heterocycles. The number of nitriles is 1. The number of nitrogen functional groups attached to an aromatic ring is 1. The molecule has 0 amide bonds. The number of nitrogens with two attached hydrogens (primary N) is 1. The zero-order valence-electron chi connectivity index (χ0n) is 20.5. The molecule has 8 heteroatoms. The Bertz CT molecular complexity index is 1340. The van der Waals surface area contributed by atoms with E-state index in [0.29, 0.717) is 41.7 Å². The quantitative estimate of drug-likeness (QED) is 0.569. The highest BCUT2D eigenvalue weighted by molar-refractivity contribution is 5.90. The Morgan fingerprint density at radius 1 is 0.914 bits per heavy atom. The van der Waals surface area contributed by atoms with Gasteiger partial charge in [-0.3, -0.25) is 4.90 Å². The number of methoxy groups -OCH3 is 4. The van der Waals surface area contributed by atoms with E-state index in [1.54, 1.807) is 28.4 Å². The number of anilines is 1. The van der Waals surface area contributed by atoms with Crippen LogP contribution in [0, 0.1) is 11.3 Å². The van der Waals surface area contributed by atoms with Gasteiger partial charge in [0.15, 0.2) is 23.0 Å². The second kappa shape index (κ2) is 9.95. The fourth-order valence-corrected chi connectivity index (χ4v) is 4.43. The minimum atomic E-state index is 0.193. The molecule has 0 aliphatic carbocycles. The van der Waals surface area contributed by atoms with Crippen molar-refractivity contribution in [3.8, 4) is 40.2 Å². The molecule has 0 spiro atoms. The molecule has 0 fully saturated rings. The number of rotatable bonds is 6. The van der Waals surface area contributed by atoms with E-state index in [1.165, 1.54) is 0 Å². The summed E-state index contributed by atoms with van der Waals surface area (Å²) in [6.45, 7) is 1.29. The van der Waals surface area contributed by atoms with E-state index in [2.05, 4.69) is 22.0 Å². The van der Waals surface area contributed by atoms with Gasteiger partial charge in [-0.15, -0.1) is 0 Å². The first-order valence-corrected chi connectivity index (χ1v) is 11.0. The number of fused-ring (bicyclic) bond motifs is 1. The molecule has 3 aromatic rings. The lowest BCUT2D eigenvalue weighted by Crippen LogP contribution is -2.28. The molecule has 1 aliphatic rings. The van der Waals surface area contributed by atoms with Crippen molar-refractivity contribution in [1.82, 2.24) is 9.88 Å². The van der Waals surface area contributed by atoms with Crippen LogP contribution in [0.2, 0.25) is 0 Å². The van der Waals surface area contributed by atoms with Crippen molar-refractivity contribution in [2.75, 3.05) is 47.8 Å². The highest BCUT2D eigenvalue weighted by Gasteiger charge is 2.27. The third kappa shape index (κ3) is 4.46. The summed E-state index contributed by atoms with van der Waals surface area (Å²) in [6.07, 6.45) is 2.06. The van der Waals surface area contributed by atoms with Crippen LogP contribution >= 0.6 is 0 Å². The van der Waals surface area contributed by atoms with Crippen LogP contribution < -0.4 is 24.7 Å². The van der Waals surface area contributed by atoms with E-state index in [-0.39, 0.29) is 5.82 Å². The number of benzene rings is 2. The third-order valence-corrected chi connectivity index (χ3v) is 6.03. The van der Waals surface area contributed by atoms with Crippen molar-refractivity contribution in [3.63, 3.8) is 0 Å². The van der Waals surface area contributed by atoms with Gasteiger partial charge in [0.05, 0.1) is 34.1 Å². The fraction of sp³-hybridized carbons (Fsp3) is 0.259. The average Bonchev–Trinajstić information content (AvgIpc) is 2.87. The predicted molar refractivity (Wildman–Crippen MR) is 136 cm³/mol. The van der Waals surface area contributed by atoms with Gasteiger partial charge in [0, 0.05) is 24.2 Å². The molecule has 2 aromatic carbocycles. The van der Waals surface area contributed by atoms with Crippen LogP contribution in [0.5, 0.6) is 23.0 Å². The van der Waals surface area contributed by atoms with Crippen LogP contribution in [0.4, 0.5) is 5.82 Å². The van der Waals surface area contributed by atoms with Crippen molar-refractivity contribution in [3.05, 3.63) is 58.8 Å². The van der Waals surface area contributed by atoms with Crippen molar-refractivity contribution in [1.29, 1.82) is 5.26 Å². The Balaban J connectivity index is 1.94. The molecule has 1 aromatic heterocycles. The molecule has 2 N–H and O–H groups in total. The van der Waals surface area contributed by atoms with Crippen LogP contribution in [0.3, 0.4) is 0 Å². The van der Waals surface area contributed by atoms with Crippen LogP contribution in [-0.2, 0) is 6.54 Å². The molecule has 180 valence electrons. The Kier molecular flexibility index (Phi) is 6.80. The molecular formula is C27H28N4O4. The van der Waals surface area contributed by atoms with E-state index in [9.17, 15) is 5.26 Å². The minimum Gasteiger partial charge on any atom is -0.493 e. The predicted octanol–water partition coefficient (Wildman–Crippen LogP) is 4.22. The fourth-order valence-electron chi connectivity index (χ4n) is 4.43. The van der Waals surface area contributed by atoms with Gasteiger partial charge in [-0.25, -0.2) is 4.98 Å². The Morgan fingerprint density at radius 2 is 1.54 bits per heavy atom. The van der Waals surface area contributed by atoms with Crippen LogP contribution in [0.1, 0.15) is 22.4 Å². The first-order chi connectivity index (χ1) is 16.9. The summed E-state index contributed by atoms with van der Waals surface area (Å²) in [4.78, 5) is 6.86. The Hall–Kier alpha value is -4.22. The van der Waals surface area contributed by atoms with Crippen LogP contribution in [0.25, 0.3) is 22.8 Å². The zero-order chi connectivity index (χ0) is 25.1. The van der Waals surface area contributed by atoms with E-state index < -0.39 is 0 Å². The van der Waals surface area contributed by atoms with Crippen molar-refractivity contribution in [2.24, 2.45) is 0 Å². The second-order valence-corrected chi connectivity index (χ2v) is 8.21. The number of likely N-dealkylation sites (N-methyl/N-ethyl adjacent to an activating group) is 1. The van der Waals surface area contributed by atoms with E-state index in [4.69, 9.17) is 24.7 Å². The number of aromatic nitrogens is 1. The first-order valence-electron chi connectivity index (χ1n) is 11.0. The number of ether oxygens (including phenoxy) is 4. The van der Waals surface area contributed by atoms with Gasteiger partial charge in [-0.05, 0) is 54.1 Å². The summed E-state index contributed by atoms with van der Waals surface area (Å²) in [6, 6.07) is 13.6. The van der Waals surface area contributed by atoms with Gasteiger partial charge in [-0.1, -0.05) is 12.1 Å². The van der Waals surface area contributed by atoms with Gasteiger partial charge in [0.25, 0.3) is 0 Å². The molecule has 8 nitrogen and oxygen atoms in total. The lowest BCUT2D eigenvalue weighted by atomic mass is 9.88. The molecular weight excluding hydrogens is 444 g/mol. The summed E-state index contributed by atoms with van der Waals surface area (Å²) < 4.78 is 21.7. The van der Waals surface area contributed by atoms with Crippen molar-refractivity contribution in [2.45, 2.75) is 6.54 Å². The topological polar surface area (TPSA) is 103 Å². The van der Waals surface area contributed by atoms with Gasteiger partial charge in [0.2, 0.25) is 0 Å². The smallest absolute Gasteiger partial charge is 0.161 e. The van der Waals surface area contributed by atoms with Crippen molar-refractivity contribution < 1.29 is 18.9 Å². The molecule has 0 atom stereocenters. The summed E-state index contributed by atoms with van der Waals surface area (Å²) in [5.41, 5.74) is 11.9. The third-order valence-electron chi connectivity index (χ3n) is 6.03. The Labute approximate surface area is 205 Å². The van der Waals surface area contributed by atoms with Gasteiger partial charge < -0.3 is 24.7 Å². The number of nitrogens with zero attached hydrogens (tertiary/aromatic N) is 3. The standard InChI is InChI=1S/C27H28N4O4/c1-31-14-18(10-16-6-8-21(32-2)23(11-16)34-4)26-20(15-31)25(19(13-28)27(29)30-26)17-7-9-22(33-3)24(12-17)35-5/h6-12H,14-15H2,1-5H3,(H2,29,30)/b18-10+. The molecule has 35 heavy (non-hydrogen) atoms. The lowest BCUT2D eigenvalue weighted by Gasteiger charge is -2.30. The molecule has 4 rings (SSSR count). The second-order valence-electron chi connectivity index (χ2n) is 8.21. The highest BCUT2D eigenvalue weighted by Crippen LogP contribution is 2.41. The molecule has 2 heterocycles. The number of hydrogen-bond donors (Lipinski definition) is 1. The van der Waals surface area contributed by atoms with Crippen molar-refractivity contribution >= 4 is 17.5 Å². The largest absolute Gasteiger partial charge is 0.493 e. The van der Waals surface area contributed by atoms with Gasteiger partial charge >= 0.3 is 0 Å². The maximum absolute atomic E-state index is 9.98. The van der Waals surface area contributed by atoms with E-state index >= 15 is 0 Å². The maximum atomic E-state index is 9.98. The van der Waals surface area contributed by atoms with Gasteiger partial charge in [-0.2, -0.15) is 5.26 Å². The van der Waals surface area contributed by atoms with Gasteiger partial charge in [0.1, 0.15) is 17.5 Å². The Morgan fingerprint density at radius 3 is 2.17 bits per heavy atom. The SMILES string of the molecule is COc1ccc(/C=C2\CN(C)Cc3c2nc(N)c(C#N)c3-c2ccc(OC)c(OC)c2)cc1OC. The summed E-state index contributed by atoms with van der Waals surface area (Å²) in [5.74, 6) is 2.68. The number of hydrogen-bond acceptors (Lipinski definition) is 8. The van der Waals surface area contributed by atoms with E-state index in [1.807, 2.05) is 43.4 Å². The summed E-state index contributed by atoms with van der Waals surface area (Å²) in [7, 11) is 8.43. The van der Waals surface area contributed by atoms with Crippen LogP contribution in [-0.4, -0.2) is 51.9 Å².